The number of ether oxygens (including phenoxy) is 1. The molecule has 5 heterocycles. The van der Waals surface area contributed by atoms with Crippen LogP contribution in [0.4, 0.5) is 13.2 Å². The van der Waals surface area contributed by atoms with E-state index in [1.807, 2.05) is 0 Å². The first-order valence-electron chi connectivity index (χ1n) is 8.31. The molecule has 27 heavy (non-hydrogen) atoms. The van der Waals surface area contributed by atoms with Crippen LogP contribution in [-0.2, 0) is 10.9 Å². The summed E-state index contributed by atoms with van der Waals surface area (Å²) >= 11 is 0. The molecule has 0 aliphatic carbocycles. The van der Waals surface area contributed by atoms with E-state index in [9.17, 15) is 18.0 Å². The third kappa shape index (κ3) is 2.51. The Hall–Kier alpha value is -2.88. The van der Waals surface area contributed by atoms with Crippen LogP contribution in [0.5, 0.6) is 0 Å². The minimum absolute atomic E-state index is 0.00590. The molecule has 0 aromatic carbocycles. The molecule has 0 radical (unpaired) electrons. The maximum Gasteiger partial charge on any atom is 0.417 e. The van der Waals surface area contributed by atoms with Crippen molar-refractivity contribution >= 4 is 11.6 Å². The van der Waals surface area contributed by atoms with Gasteiger partial charge in [-0.05, 0) is 12.5 Å². The molecule has 7 nitrogen and oxygen atoms in total. The number of hydrogen-bond donors (Lipinski definition) is 0. The van der Waals surface area contributed by atoms with E-state index in [1.165, 1.54) is 16.8 Å². The molecule has 0 spiro atoms. The largest absolute Gasteiger partial charge is 0.443 e. The number of amides is 1. The van der Waals surface area contributed by atoms with Crippen molar-refractivity contribution in [3.63, 3.8) is 0 Å². The Morgan fingerprint density at radius 2 is 2.15 bits per heavy atom. The molecular weight excluding hydrogens is 365 g/mol. The second kappa shape index (κ2) is 5.56. The van der Waals surface area contributed by atoms with E-state index in [-0.39, 0.29) is 40.7 Å². The van der Waals surface area contributed by atoms with Crippen molar-refractivity contribution in [2.75, 3.05) is 13.2 Å². The normalized spacial score (nSPS) is 22.1. The Morgan fingerprint density at radius 3 is 2.78 bits per heavy atom. The van der Waals surface area contributed by atoms with Crippen molar-refractivity contribution in [3.05, 3.63) is 42.3 Å². The molecule has 140 valence electrons. The number of rotatable bonds is 2. The van der Waals surface area contributed by atoms with Gasteiger partial charge < -0.3 is 14.1 Å². The Kier molecular flexibility index (Phi) is 3.36. The van der Waals surface area contributed by atoms with Crippen molar-refractivity contribution in [2.24, 2.45) is 0 Å². The van der Waals surface area contributed by atoms with E-state index in [0.29, 0.717) is 13.2 Å². The van der Waals surface area contributed by atoms with Crippen LogP contribution in [0.3, 0.4) is 0 Å². The monoisotopic (exact) mass is 378 g/mol. The van der Waals surface area contributed by atoms with Crippen molar-refractivity contribution in [1.29, 1.82) is 0 Å². The molecule has 10 heteroatoms. The number of pyridine rings is 1. The Morgan fingerprint density at radius 1 is 1.30 bits per heavy atom. The number of fused-ring (bicyclic) bond motifs is 3. The zero-order valence-corrected chi connectivity index (χ0v) is 13.8. The standard InChI is InChI=1S/C17H13F3N4O3/c18-17(19,20)9-1-12(14-4-21-8-27-14)15-22-3-13(24(15)5-9)16(25)23-6-11-2-10(23)7-26-11/h1,3-5,8,10-11H,2,6-7H2/t10-,11-/m0/s1. The predicted octanol–water partition coefficient (Wildman–Crippen LogP) is 2.62. The Labute approximate surface area is 150 Å². The molecule has 2 bridgehead atoms. The first-order valence-corrected chi connectivity index (χ1v) is 8.31. The van der Waals surface area contributed by atoms with Gasteiger partial charge in [0, 0.05) is 12.7 Å². The number of imidazole rings is 1. The number of likely N-dealkylation sites (tertiary alicyclic amines) is 1. The van der Waals surface area contributed by atoms with Gasteiger partial charge in [-0.3, -0.25) is 9.20 Å². The molecule has 2 aliphatic rings. The molecule has 2 saturated heterocycles. The number of oxazole rings is 1. The quantitative estimate of drug-likeness (QED) is 0.686. The summed E-state index contributed by atoms with van der Waals surface area (Å²) in [5, 5.41) is 0. The van der Waals surface area contributed by atoms with Crippen LogP contribution in [0.2, 0.25) is 0 Å². The molecule has 3 aromatic rings. The number of morpholine rings is 1. The van der Waals surface area contributed by atoms with Crippen LogP contribution in [-0.4, -0.2) is 50.5 Å². The minimum Gasteiger partial charge on any atom is -0.443 e. The van der Waals surface area contributed by atoms with E-state index in [0.717, 1.165) is 25.1 Å². The molecule has 0 saturated carbocycles. The van der Waals surface area contributed by atoms with Gasteiger partial charge >= 0.3 is 6.18 Å². The number of halogens is 3. The van der Waals surface area contributed by atoms with Crippen LogP contribution in [0.25, 0.3) is 17.0 Å². The highest BCUT2D eigenvalue weighted by Gasteiger charge is 2.42. The summed E-state index contributed by atoms with van der Waals surface area (Å²) in [5.74, 6) is -0.217. The van der Waals surface area contributed by atoms with Gasteiger partial charge in [0.1, 0.15) is 11.3 Å². The summed E-state index contributed by atoms with van der Waals surface area (Å²) < 4.78 is 52.0. The first-order chi connectivity index (χ1) is 12.9. The van der Waals surface area contributed by atoms with E-state index in [4.69, 9.17) is 9.15 Å². The third-order valence-corrected chi connectivity index (χ3v) is 5.01. The molecule has 1 amide bonds. The van der Waals surface area contributed by atoms with Gasteiger partial charge in [-0.2, -0.15) is 13.2 Å². The predicted molar refractivity (Wildman–Crippen MR) is 84.9 cm³/mol. The van der Waals surface area contributed by atoms with Gasteiger partial charge in [-0.1, -0.05) is 0 Å². The number of aromatic nitrogens is 3. The van der Waals surface area contributed by atoms with E-state index in [1.54, 1.807) is 4.90 Å². The molecule has 0 N–H and O–H groups in total. The summed E-state index contributed by atoms with van der Waals surface area (Å²) in [5.41, 5.74) is -0.513. The van der Waals surface area contributed by atoms with Gasteiger partial charge in [0.15, 0.2) is 12.2 Å². The third-order valence-electron chi connectivity index (χ3n) is 5.01. The lowest BCUT2D eigenvalue weighted by Gasteiger charge is -2.26. The highest BCUT2D eigenvalue weighted by atomic mass is 19.4. The van der Waals surface area contributed by atoms with Crippen LogP contribution in [0.15, 0.2) is 35.5 Å². The SMILES string of the molecule is O=C(c1cnc2c(-c3cnco3)cc(C(F)(F)F)cn12)N1C[C@@H]2C[C@H]1CO2. The fourth-order valence-corrected chi connectivity index (χ4v) is 3.73. The summed E-state index contributed by atoms with van der Waals surface area (Å²) in [6.07, 6.45) is 0.775. The zero-order chi connectivity index (χ0) is 18.8. The molecular formula is C17H13F3N4O3. The van der Waals surface area contributed by atoms with Crippen LogP contribution in [0.1, 0.15) is 22.5 Å². The number of alkyl halides is 3. The fraction of sp³-hybridized carbons (Fsp3) is 0.353. The van der Waals surface area contributed by atoms with E-state index < -0.39 is 11.7 Å². The van der Waals surface area contributed by atoms with E-state index in [2.05, 4.69) is 9.97 Å². The van der Waals surface area contributed by atoms with Crippen molar-refractivity contribution in [2.45, 2.75) is 24.7 Å². The van der Waals surface area contributed by atoms with Gasteiger partial charge in [-0.15, -0.1) is 0 Å². The Bertz CT molecular complexity index is 1030. The highest BCUT2D eigenvalue weighted by molar-refractivity contribution is 5.94. The lowest BCUT2D eigenvalue weighted by molar-refractivity contribution is -0.137. The second-order valence-corrected chi connectivity index (χ2v) is 6.65. The van der Waals surface area contributed by atoms with Crippen molar-refractivity contribution in [3.8, 4) is 11.3 Å². The molecule has 0 unspecified atom stereocenters. The zero-order valence-electron chi connectivity index (χ0n) is 13.8. The van der Waals surface area contributed by atoms with Crippen LogP contribution >= 0.6 is 0 Å². The van der Waals surface area contributed by atoms with Crippen molar-refractivity contribution < 1.29 is 27.1 Å². The molecule has 3 aromatic heterocycles. The lowest BCUT2D eigenvalue weighted by atomic mass is 10.1. The molecule has 5 rings (SSSR count). The number of carbonyl (C=O) groups excluding carboxylic acids is 1. The Balaban J connectivity index is 1.66. The number of nitrogens with zero attached hydrogens (tertiary/aromatic N) is 4. The highest BCUT2D eigenvalue weighted by Crippen LogP contribution is 2.35. The summed E-state index contributed by atoms with van der Waals surface area (Å²) in [4.78, 5) is 22.5. The first kappa shape index (κ1) is 16.3. The van der Waals surface area contributed by atoms with Gasteiger partial charge in [0.2, 0.25) is 0 Å². The van der Waals surface area contributed by atoms with Gasteiger partial charge in [-0.25, -0.2) is 9.97 Å². The van der Waals surface area contributed by atoms with E-state index >= 15 is 0 Å². The summed E-state index contributed by atoms with van der Waals surface area (Å²) in [6.45, 7) is 0.884. The second-order valence-electron chi connectivity index (χ2n) is 6.65. The molecule has 2 aliphatic heterocycles. The minimum atomic E-state index is -4.59. The summed E-state index contributed by atoms with van der Waals surface area (Å²) in [7, 11) is 0. The fourth-order valence-electron chi connectivity index (χ4n) is 3.73. The van der Waals surface area contributed by atoms with Gasteiger partial charge in [0.25, 0.3) is 5.91 Å². The maximum absolute atomic E-state index is 13.4. The summed E-state index contributed by atoms with van der Waals surface area (Å²) in [6, 6.07) is 0.899. The topological polar surface area (TPSA) is 72.9 Å². The van der Waals surface area contributed by atoms with Gasteiger partial charge in [0.05, 0.1) is 42.3 Å². The molecule has 2 atom stereocenters. The van der Waals surface area contributed by atoms with Crippen LogP contribution in [0, 0.1) is 0 Å². The van der Waals surface area contributed by atoms with Crippen LogP contribution < -0.4 is 0 Å². The maximum atomic E-state index is 13.4. The smallest absolute Gasteiger partial charge is 0.417 e. The van der Waals surface area contributed by atoms with Crippen molar-refractivity contribution in [1.82, 2.24) is 19.3 Å². The molecule has 2 fully saturated rings. The number of carbonyl (C=O) groups is 1. The average Bonchev–Trinajstić information content (AvgIpc) is 3.43. The lowest BCUT2D eigenvalue weighted by Crippen LogP contribution is -2.41. The average molecular weight is 378 g/mol. The number of hydrogen-bond acceptors (Lipinski definition) is 5.